The third kappa shape index (κ3) is 19.8. The van der Waals surface area contributed by atoms with Gasteiger partial charge in [0.1, 0.15) is 0 Å². The molecule has 8 heteroatoms. The standard InChI is InChI=1S/4C8H13Si.2Lu.2H2O/c4*1-9(2,3)8-6-4-5-7-8;;;;/h4*4-7H,1-3H3;;;2*1H2/q-5;3*-1;;;;. The first-order chi connectivity index (χ1) is 16.4. The number of hydrogen-bond donors (Lipinski definition) is 0. The molecule has 0 atom stereocenters. The summed E-state index contributed by atoms with van der Waals surface area (Å²) in [6, 6.07) is 34.8. The summed E-state index contributed by atoms with van der Waals surface area (Å²) in [5, 5.41) is 6.23. The Labute approximate surface area is 309 Å². The van der Waals surface area contributed by atoms with Gasteiger partial charge in [0.25, 0.3) is 0 Å². The van der Waals surface area contributed by atoms with Gasteiger partial charge in [0.05, 0.1) is 0 Å². The van der Waals surface area contributed by atoms with Crippen LogP contribution < -0.4 is 20.7 Å². The molecule has 0 bridgehead atoms. The van der Waals surface area contributed by atoms with Gasteiger partial charge in [-0.3, -0.25) is 0 Å². The van der Waals surface area contributed by atoms with Gasteiger partial charge >= 0.3 is 0 Å². The maximum atomic E-state index is 2.36. The largest absolute Gasteiger partial charge is 0.748 e. The van der Waals surface area contributed by atoms with Gasteiger partial charge in [-0.15, -0.1) is 8.07 Å². The van der Waals surface area contributed by atoms with Crippen LogP contribution in [-0.2, 0) is 0 Å². The normalized spacial score (nSPS) is 10.7. The third-order valence-corrected chi connectivity index (χ3v) is 14.4. The van der Waals surface area contributed by atoms with Crippen molar-refractivity contribution in [3.63, 3.8) is 0 Å². The molecule has 0 aliphatic carbocycles. The second-order valence-corrected chi connectivity index (χ2v) is 34.0. The maximum absolute atomic E-state index is 2.36. The first-order valence-electron chi connectivity index (χ1n) is 13.3. The Morgan fingerprint density at radius 3 is 0.675 bits per heavy atom. The van der Waals surface area contributed by atoms with Crippen LogP contribution in [0, 0.1) is 73.7 Å². The summed E-state index contributed by atoms with van der Waals surface area (Å²) in [4.78, 5) is 0. The molecule has 2 nitrogen and oxygen atoms in total. The molecule has 0 saturated carbocycles. The van der Waals surface area contributed by atoms with E-state index < -0.39 is 32.3 Å². The Kier molecular flexibility index (Phi) is 25.4. The van der Waals surface area contributed by atoms with Crippen molar-refractivity contribution in [3.05, 3.63) is 97.1 Å². The molecule has 250 valence electrons. The predicted octanol–water partition coefficient (Wildman–Crippen LogP) is 6.15. The molecule has 4 aromatic carbocycles. The minimum Gasteiger partial charge on any atom is -0.748 e. The second kappa shape index (κ2) is 21.4. The first kappa shape index (κ1) is 47.6. The molecule has 4 rings (SSSR count). The van der Waals surface area contributed by atoms with Crippen molar-refractivity contribution in [2.75, 3.05) is 0 Å². The van der Waals surface area contributed by atoms with E-state index in [9.17, 15) is 0 Å². The Bertz CT molecular complexity index is 868. The first-order valence-corrected chi connectivity index (χ1v) is 27.3. The van der Waals surface area contributed by atoms with Crippen molar-refractivity contribution in [3.8, 4) is 0 Å². The Hall–Kier alpha value is 0.655. The van der Waals surface area contributed by atoms with Crippen molar-refractivity contribution in [1.29, 1.82) is 0 Å². The van der Waals surface area contributed by atoms with E-state index in [1.54, 1.807) is 20.7 Å². The zero-order valence-corrected chi connectivity index (χ0v) is 34.1. The van der Waals surface area contributed by atoms with Crippen LogP contribution in [0.5, 0.6) is 0 Å². The molecule has 0 aromatic heterocycles. The number of rotatable bonds is 4. The quantitative estimate of drug-likeness (QED) is 0.174. The third-order valence-electron chi connectivity index (χ3n) is 6.11. The van der Waals surface area contributed by atoms with Crippen LogP contribution in [0.3, 0.4) is 0 Å². The van der Waals surface area contributed by atoms with Crippen LogP contribution in [0.15, 0.2) is 97.1 Å². The molecule has 0 spiro atoms. The minimum atomic E-state index is -0.981. The van der Waals surface area contributed by atoms with E-state index in [4.69, 9.17) is 0 Å². The molecule has 0 fully saturated rings. The molecule has 0 unspecified atom stereocenters. The van der Waals surface area contributed by atoms with Crippen LogP contribution in [0.4, 0.5) is 0 Å². The minimum absolute atomic E-state index is 0. The Morgan fingerprint density at radius 1 is 0.375 bits per heavy atom. The summed E-state index contributed by atoms with van der Waals surface area (Å²) < 4.78 is 0. The van der Waals surface area contributed by atoms with Crippen LogP contribution >= 0.6 is 0 Å². The molecule has 0 aliphatic heterocycles. The van der Waals surface area contributed by atoms with Crippen molar-refractivity contribution in [2.24, 2.45) is 0 Å². The van der Waals surface area contributed by atoms with Gasteiger partial charge in [-0.05, 0) is 0 Å². The van der Waals surface area contributed by atoms with Gasteiger partial charge in [0.2, 0.25) is 0 Å². The van der Waals surface area contributed by atoms with Crippen LogP contribution in [-0.4, -0.2) is 43.2 Å². The van der Waals surface area contributed by atoms with Crippen molar-refractivity contribution < 1.29 is 84.7 Å². The van der Waals surface area contributed by atoms with E-state index in [0.717, 1.165) is 0 Å². The predicted molar refractivity (Wildman–Crippen MR) is 187 cm³/mol. The average molecular weight is 935 g/mol. The molecular formula is C32H56Lu2O2Si4-8. The van der Waals surface area contributed by atoms with E-state index in [-0.39, 0.29) is 84.7 Å². The van der Waals surface area contributed by atoms with Crippen LogP contribution in [0.2, 0.25) is 78.6 Å². The van der Waals surface area contributed by atoms with E-state index in [1.807, 2.05) is 0 Å². The fraction of sp³-hybridized carbons (Fsp3) is 0.375. The zero-order chi connectivity index (χ0) is 27.6. The van der Waals surface area contributed by atoms with E-state index in [2.05, 4.69) is 176 Å². The molecule has 0 aliphatic rings. The molecule has 0 amide bonds. The maximum Gasteiger partial charge on any atom is 0.0147 e. The smallest absolute Gasteiger partial charge is 0.0147 e. The molecule has 0 heterocycles. The fourth-order valence-electron chi connectivity index (χ4n) is 3.50. The Morgan fingerprint density at radius 2 is 0.575 bits per heavy atom. The van der Waals surface area contributed by atoms with Crippen molar-refractivity contribution in [1.82, 2.24) is 0 Å². The van der Waals surface area contributed by atoms with Crippen molar-refractivity contribution in [2.45, 2.75) is 78.6 Å². The summed E-state index contributed by atoms with van der Waals surface area (Å²) in [7, 11) is -3.92. The zero-order valence-electron chi connectivity index (χ0n) is 26.8. The summed E-state index contributed by atoms with van der Waals surface area (Å²) in [5.41, 5.74) is 0. The van der Waals surface area contributed by atoms with E-state index in [0.29, 0.717) is 0 Å². The fourth-order valence-corrected chi connectivity index (χ4v) is 8.27. The van der Waals surface area contributed by atoms with Crippen molar-refractivity contribution >= 4 is 53.0 Å². The molecule has 4 N–H and O–H groups in total. The topological polar surface area (TPSA) is 63.0 Å². The van der Waals surface area contributed by atoms with Gasteiger partial charge in [-0.25, -0.2) is 36.4 Å². The molecule has 4 aromatic rings. The van der Waals surface area contributed by atoms with Crippen LogP contribution in [0.25, 0.3) is 0 Å². The van der Waals surface area contributed by atoms with Gasteiger partial charge in [-0.2, -0.15) is 52.0 Å². The van der Waals surface area contributed by atoms with E-state index in [1.165, 1.54) is 0 Å². The molecular weight excluding hydrogens is 879 g/mol. The summed E-state index contributed by atoms with van der Waals surface area (Å²) in [5.74, 6) is 0. The molecule has 40 heavy (non-hydrogen) atoms. The monoisotopic (exact) mass is 934 g/mol. The van der Waals surface area contributed by atoms with Gasteiger partial charge < -0.3 is 40.4 Å². The average Bonchev–Trinajstić information content (AvgIpc) is 3.57. The van der Waals surface area contributed by atoms with E-state index >= 15 is 0 Å². The Balaban J connectivity index is -0.000000209. The van der Waals surface area contributed by atoms with Gasteiger partial charge in [-0.1, -0.05) is 78.6 Å². The SMILES string of the molecule is C[Si](C)(C)[c-]1[cH-][cH-][cH-][cH-]1.C[Si](C)(C)[c-]1cccc1.C[Si](C)(C)[c-]1cccc1.C[Si](C)(C)[c-]1cccc1.O.O.[Lu].[Lu]. The number of hydrogen-bond acceptors (Lipinski definition) is 0. The molecule has 2 radical (unpaired) electrons. The summed E-state index contributed by atoms with van der Waals surface area (Å²) >= 11 is 0. The summed E-state index contributed by atoms with van der Waals surface area (Å²) in [6.07, 6.45) is 0. The van der Waals surface area contributed by atoms with Gasteiger partial charge in [0, 0.05) is 98.0 Å². The van der Waals surface area contributed by atoms with Gasteiger partial charge in [0.15, 0.2) is 0 Å². The summed E-state index contributed by atoms with van der Waals surface area (Å²) in [6.45, 7) is 28.4. The second-order valence-electron chi connectivity index (χ2n) is 13.7. The molecule has 0 saturated heterocycles. The van der Waals surface area contributed by atoms with Crippen LogP contribution in [0.1, 0.15) is 0 Å².